The molecule has 7 heavy (non-hydrogen) atoms. The van der Waals surface area contributed by atoms with E-state index in [4.69, 9.17) is 0 Å². The third-order valence-electron chi connectivity index (χ3n) is 0.419. The summed E-state index contributed by atoms with van der Waals surface area (Å²) in [4.78, 5) is 10.1. The molecule has 0 bridgehead atoms. The Morgan fingerprint density at radius 2 is 2.43 bits per heavy atom. The smallest absolute Gasteiger partial charge is 0.310 e. The second kappa shape index (κ2) is 3.40. The Labute approximate surface area is 42.8 Å². The third kappa shape index (κ3) is 3.03. The van der Waals surface area contributed by atoms with E-state index in [9.17, 15) is 4.79 Å². The topological polar surface area (TPSA) is 26.3 Å². The van der Waals surface area contributed by atoms with E-state index in [1.165, 1.54) is 0 Å². The van der Waals surface area contributed by atoms with Gasteiger partial charge in [-0.15, -0.1) is 0 Å². The largest absolute Gasteiger partial charge is 0.435 e. The van der Waals surface area contributed by atoms with Gasteiger partial charge in [0.2, 0.25) is 0 Å². The number of carbonyl (C=O) groups excluding carboxylic acids is 1. The Hall–Kier alpha value is -0.790. The van der Waals surface area contributed by atoms with Crippen LogP contribution in [-0.2, 0) is 9.53 Å². The molecular formula is C5H7O2. The maximum Gasteiger partial charge on any atom is 0.310 e. The summed E-state index contributed by atoms with van der Waals surface area (Å²) in [6.45, 7) is 6.46. The second-order valence-corrected chi connectivity index (χ2v) is 0.907. The van der Waals surface area contributed by atoms with Gasteiger partial charge in [0.1, 0.15) is 0 Å². The van der Waals surface area contributed by atoms with Gasteiger partial charge in [-0.05, 0) is 6.92 Å². The average Bonchev–Trinajstić information content (AvgIpc) is 1.68. The molecule has 0 saturated heterocycles. The zero-order chi connectivity index (χ0) is 5.70. The van der Waals surface area contributed by atoms with Crippen molar-refractivity contribution >= 4 is 5.97 Å². The van der Waals surface area contributed by atoms with Gasteiger partial charge in [-0.25, -0.2) is 0 Å². The van der Waals surface area contributed by atoms with E-state index in [1.807, 2.05) is 0 Å². The fourth-order valence-corrected chi connectivity index (χ4v) is 0.152. The van der Waals surface area contributed by atoms with Gasteiger partial charge in [0.05, 0.1) is 6.26 Å². The zero-order valence-electron chi connectivity index (χ0n) is 4.02. The number of esters is 1. The van der Waals surface area contributed by atoms with Crippen LogP contribution in [-0.4, -0.2) is 5.97 Å². The lowest BCUT2D eigenvalue weighted by molar-refractivity contribution is -0.137. The van der Waals surface area contributed by atoms with Crippen molar-refractivity contribution in [2.45, 2.75) is 6.42 Å². The summed E-state index contributed by atoms with van der Waals surface area (Å²) in [6, 6.07) is 0. The third-order valence-corrected chi connectivity index (χ3v) is 0.419. The Kier molecular flexibility index (Phi) is 3.02. The maximum atomic E-state index is 10.1. The Morgan fingerprint density at radius 3 is 2.57 bits per heavy atom. The minimum Gasteiger partial charge on any atom is -0.435 e. The SMILES string of the molecule is [CH2]CC(=O)OC=C. The molecule has 1 radical (unpaired) electrons. The summed E-state index contributed by atoms with van der Waals surface area (Å²) >= 11 is 0. The van der Waals surface area contributed by atoms with Gasteiger partial charge in [-0.3, -0.25) is 4.79 Å². The van der Waals surface area contributed by atoms with Gasteiger partial charge in [-0.1, -0.05) is 6.58 Å². The monoisotopic (exact) mass is 99.0 g/mol. The van der Waals surface area contributed by atoms with Crippen LogP contribution in [0.15, 0.2) is 12.8 Å². The molecule has 0 atom stereocenters. The maximum absolute atomic E-state index is 10.1. The number of hydrogen-bond donors (Lipinski definition) is 0. The Bertz CT molecular complexity index is 76.1. The van der Waals surface area contributed by atoms with Crippen LogP contribution in [0, 0.1) is 6.92 Å². The summed E-state index contributed by atoms with van der Waals surface area (Å²) in [6.07, 6.45) is 1.25. The summed E-state index contributed by atoms with van der Waals surface area (Å²) in [5.41, 5.74) is 0. The van der Waals surface area contributed by atoms with Gasteiger partial charge in [0.15, 0.2) is 0 Å². The highest BCUT2D eigenvalue weighted by atomic mass is 16.5. The van der Waals surface area contributed by atoms with Gasteiger partial charge < -0.3 is 4.74 Å². The lowest BCUT2D eigenvalue weighted by Gasteiger charge is -1.88. The molecule has 0 aromatic rings. The van der Waals surface area contributed by atoms with Crippen molar-refractivity contribution in [2.75, 3.05) is 0 Å². The molecule has 0 spiro atoms. The van der Waals surface area contributed by atoms with Crippen molar-refractivity contribution in [3.05, 3.63) is 19.8 Å². The number of rotatable bonds is 2. The second-order valence-electron chi connectivity index (χ2n) is 0.907. The first kappa shape index (κ1) is 6.21. The van der Waals surface area contributed by atoms with Crippen LogP contribution < -0.4 is 0 Å². The minimum atomic E-state index is -0.352. The number of ether oxygens (including phenoxy) is 1. The standard InChI is InChI=1S/C5H7O2/c1-3-5(6)7-4-2/h4H,1-3H2. The molecule has 0 heterocycles. The molecule has 39 valence electrons. The highest BCUT2D eigenvalue weighted by Crippen LogP contribution is 1.80. The fourth-order valence-electron chi connectivity index (χ4n) is 0.152. The number of carbonyl (C=O) groups is 1. The van der Waals surface area contributed by atoms with Crippen LogP contribution in [0.4, 0.5) is 0 Å². The summed E-state index contributed by atoms with van der Waals surface area (Å²) in [7, 11) is 0. The predicted octanol–water partition coefficient (Wildman–Crippen LogP) is 0.897. The lowest BCUT2D eigenvalue weighted by atomic mass is 10.5. The molecule has 0 amide bonds. The first-order chi connectivity index (χ1) is 3.31. The van der Waals surface area contributed by atoms with Crippen molar-refractivity contribution in [3.8, 4) is 0 Å². The van der Waals surface area contributed by atoms with Crippen molar-refractivity contribution in [2.24, 2.45) is 0 Å². The first-order valence-electron chi connectivity index (χ1n) is 1.91. The summed E-state index contributed by atoms with van der Waals surface area (Å²) < 4.78 is 4.25. The van der Waals surface area contributed by atoms with Crippen LogP contribution in [0.2, 0.25) is 0 Å². The van der Waals surface area contributed by atoms with E-state index in [2.05, 4.69) is 18.2 Å². The molecule has 2 heteroatoms. The van der Waals surface area contributed by atoms with E-state index in [-0.39, 0.29) is 12.4 Å². The quantitative estimate of drug-likeness (QED) is 0.379. The highest BCUT2D eigenvalue weighted by Gasteiger charge is 1.89. The van der Waals surface area contributed by atoms with E-state index >= 15 is 0 Å². The van der Waals surface area contributed by atoms with Gasteiger partial charge >= 0.3 is 5.97 Å². The molecule has 0 aromatic heterocycles. The number of hydrogen-bond acceptors (Lipinski definition) is 2. The van der Waals surface area contributed by atoms with Crippen LogP contribution >= 0.6 is 0 Å². The van der Waals surface area contributed by atoms with E-state index < -0.39 is 0 Å². The molecule has 0 aliphatic heterocycles. The molecule has 0 unspecified atom stereocenters. The minimum absolute atomic E-state index is 0.159. The average molecular weight is 99.1 g/mol. The molecule has 2 nitrogen and oxygen atoms in total. The molecule has 0 aromatic carbocycles. The van der Waals surface area contributed by atoms with Gasteiger partial charge in [-0.2, -0.15) is 0 Å². The van der Waals surface area contributed by atoms with Crippen molar-refractivity contribution in [3.63, 3.8) is 0 Å². The molecule has 0 N–H and O–H groups in total. The van der Waals surface area contributed by atoms with E-state index in [1.54, 1.807) is 0 Å². The van der Waals surface area contributed by atoms with Crippen molar-refractivity contribution < 1.29 is 9.53 Å². The van der Waals surface area contributed by atoms with Crippen LogP contribution in [0.5, 0.6) is 0 Å². The van der Waals surface area contributed by atoms with Crippen LogP contribution in [0.1, 0.15) is 6.42 Å². The highest BCUT2D eigenvalue weighted by molar-refractivity contribution is 5.70. The molecule has 0 rings (SSSR count). The Balaban J connectivity index is 3.17. The van der Waals surface area contributed by atoms with Crippen LogP contribution in [0.3, 0.4) is 0 Å². The summed E-state index contributed by atoms with van der Waals surface area (Å²) in [5.74, 6) is -0.352. The van der Waals surface area contributed by atoms with Crippen LogP contribution in [0.25, 0.3) is 0 Å². The predicted molar refractivity (Wildman–Crippen MR) is 26.3 cm³/mol. The van der Waals surface area contributed by atoms with Crippen molar-refractivity contribution in [1.82, 2.24) is 0 Å². The zero-order valence-corrected chi connectivity index (χ0v) is 4.02. The molecule has 0 aliphatic rings. The fraction of sp³-hybridized carbons (Fsp3) is 0.200. The normalized spacial score (nSPS) is 7.57. The van der Waals surface area contributed by atoms with E-state index in [0.717, 1.165) is 6.26 Å². The van der Waals surface area contributed by atoms with E-state index in [0.29, 0.717) is 0 Å². The van der Waals surface area contributed by atoms with Gasteiger partial charge in [0, 0.05) is 6.42 Å². The van der Waals surface area contributed by atoms with Gasteiger partial charge in [0.25, 0.3) is 0 Å². The molecule has 0 fully saturated rings. The molecular weight excluding hydrogens is 92.1 g/mol. The lowest BCUT2D eigenvalue weighted by Crippen LogP contribution is -1.94. The first-order valence-corrected chi connectivity index (χ1v) is 1.91. The Morgan fingerprint density at radius 1 is 1.86 bits per heavy atom. The van der Waals surface area contributed by atoms with Crippen molar-refractivity contribution in [1.29, 1.82) is 0 Å². The molecule has 0 aliphatic carbocycles. The molecule has 0 saturated carbocycles. The summed E-state index contributed by atoms with van der Waals surface area (Å²) in [5, 5.41) is 0.